The summed E-state index contributed by atoms with van der Waals surface area (Å²) in [5, 5.41) is 9.33. The summed E-state index contributed by atoms with van der Waals surface area (Å²) in [4.78, 5) is 8.97. The van der Waals surface area contributed by atoms with E-state index in [1.54, 1.807) is 36.7 Å². The van der Waals surface area contributed by atoms with E-state index in [9.17, 15) is 5.11 Å². The van der Waals surface area contributed by atoms with Gasteiger partial charge in [-0.1, -0.05) is 18.2 Å². The molecule has 32 heavy (non-hydrogen) atoms. The number of fused-ring (bicyclic) bond motifs is 1. The summed E-state index contributed by atoms with van der Waals surface area (Å²) < 4.78 is 28.5. The number of benzene rings is 2. The Bertz CT molecular complexity index is 1240. The summed E-state index contributed by atoms with van der Waals surface area (Å²) in [6, 6.07) is 13.9. The minimum atomic E-state index is -0.464. The molecule has 1 aliphatic rings. The lowest BCUT2D eigenvalue weighted by Gasteiger charge is -2.27. The van der Waals surface area contributed by atoms with Crippen molar-refractivity contribution in [1.29, 1.82) is 0 Å². The molecule has 3 heterocycles. The van der Waals surface area contributed by atoms with Crippen molar-refractivity contribution >= 4 is 11.3 Å². The average molecular weight is 434 g/mol. The average Bonchev–Trinajstić information content (AvgIpc) is 3.21. The zero-order valence-corrected chi connectivity index (χ0v) is 17.3. The molecule has 4 aromatic rings. The number of rotatable bonds is 5. The van der Waals surface area contributed by atoms with Crippen LogP contribution in [0.15, 0.2) is 60.9 Å². The lowest BCUT2D eigenvalue weighted by atomic mass is 9.98. The van der Waals surface area contributed by atoms with Gasteiger partial charge < -0.3 is 20.3 Å². The summed E-state index contributed by atoms with van der Waals surface area (Å²) in [5.74, 6) is 1.57. The second-order valence-electron chi connectivity index (χ2n) is 7.82. The molecule has 2 aromatic heterocycles. The quantitative estimate of drug-likeness (QED) is 0.490. The number of aromatic nitrogens is 3. The minimum absolute atomic E-state index is 0.000217. The van der Waals surface area contributed by atoms with Crippen molar-refractivity contribution in [1.82, 2.24) is 14.4 Å². The molecule has 164 valence electrons. The number of nitrogens with two attached hydrogens (primary N) is 1. The van der Waals surface area contributed by atoms with Crippen molar-refractivity contribution in [3.8, 4) is 22.8 Å². The van der Waals surface area contributed by atoms with Crippen molar-refractivity contribution in [2.45, 2.75) is 24.9 Å². The van der Waals surface area contributed by atoms with Gasteiger partial charge in [-0.05, 0) is 37.1 Å². The van der Waals surface area contributed by atoms with Gasteiger partial charge in [0.25, 0.3) is 0 Å². The van der Waals surface area contributed by atoms with Crippen molar-refractivity contribution in [2.24, 2.45) is 0 Å². The van der Waals surface area contributed by atoms with Gasteiger partial charge >= 0.3 is 0 Å². The third-order valence-corrected chi connectivity index (χ3v) is 5.72. The third-order valence-electron chi connectivity index (χ3n) is 5.72. The number of hydrogen-bond acceptors (Lipinski definition) is 6. The topological polar surface area (TPSA) is 94.9 Å². The number of halogens is 1. The van der Waals surface area contributed by atoms with Crippen molar-refractivity contribution in [3.05, 3.63) is 72.6 Å². The molecule has 0 spiro atoms. The van der Waals surface area contributed by atoms with E-state index >= 15 is 4.39 Å². The molecule has 1 aliphatic heterocycles. The molecule has 0 saturated carbocycles. The number of nitrogens with zero attached hydrogens (tertiary/aromatic N) is 3. The molecule has 1 fully saturated rings. The van der Waals surface area contributed by atoms with Crippen molar-refractivity contribution < 1.29 is 19.0 Å². The van der Waals surface area contributed by atoms with E-state index in [1.807, 2.05) is 22.6 Å². The maximum absolute atomic E-state index is 15.2. The molecule has 2 atom stereocenters. The Labute approximate surface area is 184 Å². The molecule has 0 aliphatic carbocycles. The van der Waals surface area contributed by atoms with Gasteiger partial charge in [-0.15, -0.1) is 0 Å². The molecule has 5 rings (SSSR count). The zero-order chi connectivity index (χ0) is 22.1. The first-order valence-corrected chi connectivity index (χ1v) is 10.5. The Morgan fingerprint density at radius 2 is 2.00 bits per heavy atom. The Kier molecular flexibility index (Phi) is 5.46. The van der Waals surface area contributed by atoms with E-state index < -0.39 is 5.82 Å². The maximum Gasteiger partial charge on any atom is 0.150 e. The van der Waals surface area contributed by atoms with Gasteiger partial charge in [0.2, 0.25) is 0 Å². The molecule has 8 heteroatoms. The maximum atomic E-state index is 15.2. The van der Waals surface area contributed by atoms with Crippen LogP contribution in [0.3, 0.4) is 0 Å². The minimum Gasteiger partial charge on any atom is -0.457 e. The summed E-state index contributed by atoms with van der Waals surface area (Å²) in [6.07, 6.45) is 4.76. The van der Waals surface area contributed by atoms with Crippen LogP contribution in [-0.2, 0) is 4.74 Å². The summed E-state index contributed by atoms with van der Waals surface area (Å²) in [7, 11) is 0. The Morgan fingerprint density at radius 3 is 2.72 bits per heavy atom. The van der Waals surface area contributed by atoms with E-state index in [0.29, 0.717) is 34.9 Å². The number of ether oxygens (including phenoxy) is 2. The third kappa shape index (κ3) is 3.79. The van der Waals surface area contributed by atoms with Crippen LogP contribution in [0.2, 0.25) is 0 Å². The second kappa shape index (κ2) is 8.57. The molecule has 0 bridgehead atoms. The molecule has 2 aromatic carbocycles. The number of para-hydroxylation sites is 1. The van der Waals surface area contributed by atoms with Crippen LogP contribution in [0.5, 0.6) is 11.5 Å². The van der Waals surface area contributed by atoms with Gasteiger partial charge in [-0.3, -0.25) is 4.40 Å². The predicted molar refractivity (Wildman–Crippen MR) is 118 cm³/mol. The summed E-state index contributed by atoms with van der Waals surface area (Å²) >= 11 is 0. The van der Waals surface area contributed by atoms with Crippen LogP contribution in [0.4, 0.5) is 10.2 Å². The van der Waals surface area contributed by atoms with Crippen LogP contribution in [0.25, 0.3) is 16.8 Å². The van der Waals surface area contributed by atoms with Crippen LogP contribution >= 0.6 is 0 Å². The summed E-state index contributed by atoms with van der Waals surface area (Å²) in [5.41, 5.74) is 7.49. The highest BCUT2D eigenvalue weighted by Gasteiger charge is 2.28. The van der Waals surface area contributed by atoms with Gasteiger partial charge in [0.15, 0.2) is 0 Å². The Hall–Kier alpha value is -3.49. The standard InChI is InChI=1S/C24H23FN4O3/c25-20-12-17(32-16-4-2-1-3-5-16)8-9-19(20)21-22-23(26)27-10-11-29(22)24(28-21)15-6-7-18(13-30)31-14-15/h1-5,8-12,15,18,30H,6-7,13-14H2,(H2,26,27)/t15-,18-/m0/s1. The van der Waals surface area contributed by atoms with Crippen LogP contribution in [-0.4, -0.2) is 38.8 Å². The fourth-order valence-corrected chi connectivity index (χ4v) is 4.09. The largest absolute Gasteiger partial charge is 0.457 e. The number of aliphatic hydroxyl groups excluding tert-OH is 1. The SMILES string of the molecule is Nc1nccn2c([C@H]3CC[C@@H](CO)OC3)nc(-c3ccc(Oc4ccccc4)cc3F)c12. The lowest BCUT2D eigenvalue weighted by molar-refractivity contribution is -0.0282. The number of imidazole rings is 1. The molecule has 7 nitrogen and oxygen atoms in total. The molecule has 0 amide bonds. The van der Waals surface area contributed by atoms with Crippen LogP contribution in [0.1, 0.15) is 24.6 Å². The monoisotopic (exact) mass is 434 g/mol. The predicted octanol–water partition coefficient (Wildman–Crippen LogP) is 4.16. The second-order valence-corrected chi connectivity index (χ2v) is 7.82. The van der Waals surface area contributed by atoms with Gasteiger partial charge in [-0.25, -0.2) is 14.4 Å². The fourth-order valence-electron chi connectivity index (χ4n) is 4.09. The first-order valence-electron chi connectivity index (χ1n) is 10.5. The summed E-state index contributed by atoms with van der Waals surface area (Å²) in [6.45, 7) is 0.429. The number of hydrogen-bond donors (Lipinski definition) is 2. The smallest absolute Gasteiger partial charge is 0.150 e. The Balaban J connectivity index is 1.53. The van der Waals surface area contributed by atoms with Gasteiger partial charge in [0.05, 0.1) is 19.3 Å². The van der Waals surface area contributed by atoms with Gasteiger partial charge in [0, 0.05) is 29.9 Å². The van der Waals surface area contributed by atoms with Crippen LogP contribution in [0, 0.1) is 5.82 Å². The van der Waals surface area contributed by atoms with E-state index in [4.69, 9.17) is 20.2 Å². The molecule has 3 N–H and O–H groups in total. The van der Waals surface area contributed by atoms with E-state index in [0.717, 1.165) is 18.7 Å². The van der Waals surface area contributed by atoms with Crippen molar-refractivity contribution in [2.75, 3.05) is 18.9 Å². The Morgan fingerprint density at radius 1 is 1.16 bits per heavy atom. The molecular formula is C24H23FN4O3. The fraction of sp³-hybridized carbons (Fsp3) is 0.250. The van der Waals surface area contributed by atoms with E-state index in [2.05, 4.69) is 4.98 Å². The lowest BCUT2D eigenvalue weighted by Crippen LogP contribution is -2.28. The molecule has 0 unspecified atom stereocenters. The highest BCUT2D eigenvalue weighted by Crippen LogP contribution is 2.36. The zero-order valence-electron chi connectivity index (χ0n) is 17.3. The molecular weight excluding hydrogens is 411 g/mol. The highest BCUT2D eigenvalue weighted by molar-refractivity contribution is 5.85. The number of aliphatic hydroxyl groups is 1. The normalized spacial score (nSPS) is 18.7. The van der Waals surface area contributed by atoms with Crippen LogP contribution < -0.4 is 10.5 Å². The first kappa shape index (κ1) is 20.4. The number of nitrogen functional groups attached to an aromatic ring is 1. The van der Waals surface area contributed by atoms with Crippen molar-refractivity contribution in [3.63, 3.8) is 0 Å². The van der Waals surface area contributed by atoms with Gasteiger partial charge in [-0.2, -0.15) is 0 Å². The first-order chi connectivity index (χ1) is 15.6. The van der Waals surface area contributed by atoms with E-state index in [-0.39, 0.29) is 24.4 Å². The number of anilines is 1. The van der Waals surface area contributed by atoms with Gasteiger partial charge in [0.1, 0.15) is 40.2 Å². The van der Waals surface area contributed by atoms with E-state index in [1.165, 1.54) is 6.07 Å². The highest BCUT2D eigenvalue weighted by atomic mass is 19.1. The molecule has 1 saturated heterocycles. The molecule has 0 radical (unpaired) electrons.